The van der Waals surface area contributed by atoms with Crippen LogP contribution in [-0.4, -0.2) is 38.6 Å². The molecule has 1 aromatic heterocycles. The molecule has 3 atom stereocenters. The molecule has 0 radical (unpaired) electrons. The van der Waals surface area contributed by atoms with E-state index in [0.29, 0.717) is 0 Å². The van der Waals surface area contributed by atoms with Crippen LogP contribution in [0.4, 0.5) is 5.82 Å². The molecule has 0 bridgehead atoms. The summed E-state index contributed by atoms with van der Waals surface area (Å²) in [6.45, 7) is 3.72. The SMILES string of the molecule is CC.Nc1ccn([C@H]2CC(O)[C@@H](CO)O2)c(=O)n1. The summed E-state index contributed by atoms with van der Waals surface area (Å²) in [7, 11) is 0. The van der Waals surface area contributed by atoms with E-state index in [4.69, 9.17) is 15.6 Å². The Hall–Kier alpha value is -1.44. The molecule has 1 fully saturated rings. The number of aliphatic hydroxyl groups is 2. The van der Waals surface area contributed by atoms with E-state index < -0.39 is 24.1 Å². The first-order valence-electron chi connectivity index (χ1n) is 5.91. The molecule has 0 saturated carbocycles. The highest BCUT2D eigenvalue weighted by Gasteiger charge is 2.34. The quantitative estimate of drug-likeness (QED) is 0.658. The Morgan fingerprint density at radius 2 is 2.28 bits per heavy atom. The number of anilines is 1. The van der Waals surface area contributed by atoms with Crippen molar-refractivity contribution in [3.8, 4) is 0 Å². The van der Waals surface area contributed by atoms with Gasteiger partial charge in [0.1, 0.15) is 18.1 Å². The number of nitrogen functional groups attached to an aromatic ring is 1. The van der Waals surface area contributed by atoms with Crippen LogP contribution < -0.4 is 11.4 Å². The van der Waals surface area contributed by atoms with Crippen molar-refractivity contribution in [2.24, 2.45) is 0 Å². The smallest absolute Gasteiger partial charge is 0.351 e. The standard InChI is InChI=1S/C9H13N3O4.C2H6/c10-7-1-2-12(9(15)11-7)8-3-5(14)6(4-13)16-8;1-2/h1-2,5-6,8,13-14H,3-4H2,(H2,10,11,15);1-2H3/t5?,6-,8-;/m1./s1. The van der Waals surface area contributed by atoms with E-state index >= 15 is 0 Å². The monoisotopic (exact) mass is 257 g/mol. The molecule has 102 valence electrons. The zero-order valence-corrected chi connectivity index (χ0v) is 10.5. The molecule has 2 heterocycles. The van der Waals surface area contributed by atoms with Gasteiger partial charge in [-0.1, -0.05) is 13.8 Å². The van der Waals surface area contributed by atoms with Gasteiger partial charge in [-0.25, -0.2) is 4.79 Å². The lowest BCUT2D eigenvalue weighted by Crippen LogP contribution is -2.27. The van der Waals surface area contributed by atoms with Crippen molar-refractivity contribution in [1.29, 1.82) is 0 Å². The summed E-state index contributed by atoms with van der Waals surface area (Å²) in [4.78, 5) is 15.0. The maximum Gasteiger partial charge on any atom is 0.351 e. The first kappa shape index (κ1) is 14.6. The van der Waals surface area contributed by atoms with Crippen LogP contribution >= 0.6 is 0 Å². The summed E-state index contributed by atoms with van der Waals surface area (Å²) in [5, 5.41) is 18.4. The fourth-order valence-electron chi connectivity index (χ4n) is 1.70. The van der Waals surface area contributed by atoms with Crippen LogP contribution in [-0.2, 0) is 4.74 Å². The minimum absolute atomic E-state index is 0.138. The molecule has 1 aliphatic heterocycles. The first-order valence-corrected chi connectivity index (χ1v) is 5.91. The average Bonchev–Trinajstić information content (AvgIpc) is 2.73. The summed E-state index contributed by atoms with van der Waals surface area (Å²) in [5.41, 5.74) is 4.82. The highest BCUT2D eigenvalue weighted by molar-refractivity contribution is 5.23. The Kier molecular flexibility index (Phi) is 5.26. The molecule has 1 saturated heterocycles. The minimum atomic E-state index is -0.778. The lowest BCUT2D eigenvalue weighted by atomic mass is 10.2. The van der Waals surface area contributed by atoms with Crippen molar-refractivity contribution >= 4 is 5.82 Å². The number of hydrogen-bond acceptors (Lipinski definition) is 6. The van der Waals surface area contributed by atoms with Gasteiger partial charge in [-0.2, -0.15) is 4.98 Å². The van der Waals surface area contributed by atoms with Crippen LogP contribution in [0.2, 0.25) is 0 Å². The lowest BCUT2D eigenvalue weighted by molar-refractivity contribution is -0.0458. The molecule has 0 aromatic carbocycles. The largest absolute Gasteiger partial charge is 0.394 e. The van der Waals surface area contributed by atoms with Crippen LogP contribution in [0.15, 0.2) is 17.1 Å². The summed E-state index contributed by atoms with van der Waals surface area (Å²) >= 11 is 0. The van der Waals surface area contributed by atoms with Crippen LogP contribution in [0.3, 0.4) is 0 Å². The average molecular weight is 257 g/mol. The predicted octanol–water partition coefficient (Wildman–Crippen LogP) is -0.508. The van der Waals surface area contributed by atoms with Crippen molar-refractivity contribution in [3.05, 3.63) is 22.7 Å². The van der Waals surface area contributed by atoms with Crippen molar-refractivity contribution in [2.75, 3.05) is 12.3 Å². The maximum atomic E-state index is 11.5. The van der Waals surface area contributed by atoms with E-state index in [1.807, 2.05) is 13.8 Å². The van der Waals surface area contributed by atoms with E-state index in [9.17, 15) is 9.90 Å². The van der Waals surface area contributed by atoms with Gasteiger partial charge in [0.15, 0.2) is 0 Å². The number of hydrogen-bond donors (Lipinski definition) is 3. The molecule has 7 heteroatoms. The van der Waals surface area contributed by atoms with Gasteiger partial charge in [0, 0.05) is 12.6 Å². The molecule has 1 unspecified atom stereocenters. The molecule has 18 heavy (non-hydrogen) atoms. The van der Waals surface area contributed by atoms with Crippen LogP contribution in [0.25, 0.3) is 0 Å². The molecule has 2 rings (SSSR count). The number of nitrogens with zero attached hydrogens (tertiary/aromatic N) is 2. The Morgan fingerprint density at radius 3 is 2.78 bits per heavy atom. The molecular formula is C11H19N3O4. The number of nitrogens with two attached hydrogens (primary N) is 1. The third kappa shape index (κ3) is 3.06. The van der Waals surface area contributed by atoms with Crippen LogP contribution in [0, 0.1) is 0 Å². The van der Waals surface area contributed by atoms with E-state index in [-0.39, 0.29) is 18.8 Å². The first-order chi connectivity index (χ1) is 8.61. The normalized spacial score (nSPS) is 26.6. The number of aliphatic hydroxyl groups excluding tert-OH is 2. The van der Waals surface area contributed by atoms with Gasteiger partial charge in [0.05, 0.1) is 12.7 Å². The van der Waals surface area contributed by atoms with Gasteiger partial charge in [0.25, 0.3) is 0 Å². The molecule has 0 spiro atoms. The number of ether oxygens (including phenoxy) is 1. The number of aromatic nitrogens is 2. The molecule has 1 aromatic rings. The van der Waals surface area contributed by atoms with Crippen molar-refractivity contribution in [1.82, 2.24) is 9.55 Å². The minimum Gasteiger partial charge on any atom is -0.394 e. The molecule has 1 aliphatic rings. The highest BCUT2D eigenvalue weighted by Crippen LogP contribution is 2.27. The van der Waals surface area contributed by atoms with Crippen LogP contribution in [0.5, 0.6) is 0 Å². The molecule has 4 N–H and O–H groups in total. The zero-order chi connectivity index (χ0) is 13.7. The van der Waals surface area contributed by atoms with Crippen molar-refractivity contribution < 1.29 is 14.9 Å². The Morgan fingerprint density at radius 1 is 1.61 bits per heavy atom. The highest BCUT2D eigenvalue weighted by atomic mass is 16.5. The zero-order valence-electron chi connectivity index (χ0n) is 10.5. The molecular weight excluding hydrogens is 238 g/mol. The fourth-order valence-corrected chi connectivity index (χ4v) is 1.70. The van der Waals surface area contributed by atoms with E-state index in [1.165, 1.54) is 16.8 Å². The second-order valence-corrected chi connectivity index (χ2v) is 3.66. The number of rotatable bonds is 2. The molecule has 0 aliphatic carbocycles. The molecule has 7 nitrogen and oxygen atoms in total. The van der Waals surface area contributed by atoms with E-state index in [1.54, 1.807) is 0 Å². The van der Waals surface area contributed by atoms with E-state index in [2.05, 4.69) is 4.98 Å². The second-order valence-electron chi connectivity index (χ2n) is 3.66. The Bertz CT molecular complexity index is 435. The third-order valence-corrected chi connectivity index (χ3v) is 2.55. The van der Waals surface area contributed by atoms with E-state index in [0.717, 1.165) is 0 Å². The lowest BCUT2D eigenvalue weighted by Gasteiger charge is -2.13. The van der Waals surface area contributed by atoms with Gasteiger partial charge < -0.3 is 20.7 Å². The maximum absolute atomic E-state index is 11.5. The molecule has 0 amide bonds. The Balaban J connectivity index is 0.000000771. The third-order valence-electron chi connectivity index (χ3n) is 2.55. The predicted molar refractivity (Wildman–Crippen MR) is 65.9 cm³/mol. The fraction of sp³-hybridized carbons (Fsp3) is 0.636. The van der Waals surface area contributed by atoms with Crippen molar-refractivity contribution in [2.45, 2.75) is 38.7 Å². The van der Waals surface area contributed by atoms with Gasteiger partial charge in [-0.3, -0.25) is 4.57 Å². The second kappa shape index (κ2) is 6.48. The van der Waals surface area contributed by atoms with Gasteiger partial charge >= 0.3 is 5.69 Å². The summed E-state index contributed by atoms with van der Waals surface area (Å²) in [5.74, 6) is 0.138. The van der Waals surface area contributed by atoms with Gasteiger partial charge in [0.2, 0.25) is 0 Å². The summed E-state index contributed by atoms with van der Waals surface area (Å²) in [6.07, 6.45) is -0.333. The summed E-state index contributed by atoms with van der Waals surface area (Å²) in [6, 6.07) is 1.48. The topological polar surface area (TPSA) is 111 Å². The Labute approximate surface area is 105 Å². The van der Waals surface area contributed by atoms with Gasteiger partial charge in [-0.05, 0) is 6.07 Å². The van der Waals surface area contributed by atoms with Crippen molar-refractivity contribution in [3.63, 3.8) is 0 Å². The van der Waals surface area contributed by atoms with Crippen LogP contribution in [0.1, 0.15) is 26.5 Å². The van der Waals surface area contributed by atoms with Gasteiger partial charge in [-0.15, -0.1) is 0 Å². The summed E-state index contributed by atoms with van der Waals surface area (Å²) < 4.78 is 6.56.